The van der Waals surface area contributed by atoms with Crippen molar-refractivity contribution in [2.75, 3.05) is 26.2 Å². The lowest BCUT2D eigenvalue weighted by molar-refractivity contribution is 0.203. The SMILES string of the molecule is C=C[C@@H](c1ccc(Cl)cc1Cl)N1CCNCC1.Cl.Cl. The molecule has 1 aliphatic heterocycles. The van der Waals surface area contributed by atoms with Gasteiger partial charge in [0.15, 0.2) is 0 Å². The van der Waals surface area contributed by atoms with Gasteiger partial charge in [0.2, 0.25) is 0 Å². The Labute approximate surface area is 137 Å². The van der Waals surface area contributed by atoms with Crippen LogP contribution in [0, 0.1) is 0 Å². The van der Waals surface area contributed by atoms with Crippen molar-refractivity contribution in [3.8, 4) is 0 Å². The van der Waals surface area contributed by atoms with Gasteiger partial charge in [0, 0.05) is 36.2 Å². The lowest BCUT2D eigenvalue weighted by Crippen LogP contribution is -2.44. The van der Waals surface area contributed by atoms with E-state index in [1.165, 1.54) is 0 Å². The van der Waals surface area contributed by atoms with Gasteiger partial charge in [0.1, 0.15) is 0 Å². The van der Waals surface area contributed by atoms with Gasteiger partial charge in [0.05, 0.1) is 6.04 Å². The molecule has 1 aromatic rings. The maximum absolute atomic E-state index is 6.25. The minimum Gasteiger partial charge on any atom is -0.314 e. The van der Waals surface area contributed by atoms with Crippen LogP contribution in [-0.2, 0) is 0 Å². The summed E-state index contributed by atoms with van der Waals surface area (Å²) in [6, 6.07) is 5.82. The third-order valence-electron chi connectivity index (χ3n) is 3.05. The van der Waals surface area contributed by atoms with E-state index in [9.17, 15) is 0 Å². The fraction of sp³-hybridized carbons (Fsp3) is 0.385. The van der Waals surface area contributed by atoms with Gasteiger partial charge in [-0.05, 0) is 17.7 Å². The van der Waals surface area contributed by atoms with E-state index in [0.29, 0.717) is 10.0 Å². The Morgan fingerprint density at radius 1 is 1.21 bits per heavy atom. The fourth-order valence-corrected chi connectivity index (χ4v) is 2.69. The first-order valence-electron chi connectivity index (χ1n) is 5.74. The summed E-state index contributed by atoms with van der Waals surface area (Å²) in [6.07, 6.45) is 1.94. The maximum Gasteiger partial charge on any atom is 0.0544 e. The van der Waals surface area contributed by atoms with E-state index in [2.05, 4.69) is 16.8 Å². The summed E-state index contributed by atoms with van der Waals surface area (Å²) in [5.41, 5.74) is 1.08. The lowest BCUT2D eigenvalue weighted by atomic mass is 10.0. The number of hydrogen-bond acceptors (Lipinski definition) is 2. The summed E-state index contributed by atoms with van der Waals surface area (Å²) in [4.78, 5) is 2.37. The van der Waals surface area contributed by atoms with Crippen molar-refractivity contribution < 1.29 is 0 Å². The molecule has 6 heteroatoms. The summed E-state index contributed by atoms with van der Waals surface area (Å²) in [7, 11) is 0. The predicted octanol–water partition coefficient (Wildman–Crippen LogP) is 3.97. The first-order chi connectivity index (χ1) is 8.22. The van der Waals surface area contributed by atoms with Crippen molar-refractivity contribution in [3.63, 3.8) is 0 Å². The second-order valence-corrected chi connectivity index (χ2v) is 4.98. The van der Waals surface area contributed by atoms with Crippen molar-refractivity contribution in [2.24, 2.45) is 0 Å². The number of nitrogens with zero attached hydrogens (tertiary/aromatic N) is 1. The highest BCUT2D eigenvalue weighted by atomic mass is 35.5. The monoisotopic (exact) mass is 342 g/mol. The minimum atomic E-state index is 0. The van der Waals surface area contributed by atoms with Gasteiger partial charge >= 0.3 is 0 Å². The molecule has 19 heavy (non-hydrogen) atoms. The molecular weight excluding hydrogens is 326 g/mol. The molecule has 1 saturated heterocycles. The van der Waals surface area contributed by atoms with Crippen LogP contribution in [0.15, 0.2) is 30.9 Å². The predicted molar refractivity (Wildman–Crippen MR) is 88.3 cm³/mol. The topological polar surface area (TPSA) is 15.3 Å². The van der Waals surface area contributed by atoms with E-state index in [4.69, 9.17) is 23.2 Å². The number of nitrogens with one attached hydrogen (secondary N) is 1. The molecule has 108 valence electrons. The molecule has 0 aliphatic carbocycles. The summed E-state index contributed by atoms with van der Waals surface area (Å²) in [5, 5.41) is 4.72. The zero-order valence-corrected chi connectivity index (χ0v) is 13.6. The smallest absolute Gasteiger partial charge is 0.0544 e. The summed E-state index contributed by atoms with van der Waals surface area (Å²) < 4.78 is 0. The van der Waals surface area contributed by atoms with Gasteiger partial charge in [-0.15, -0.1) is 31.4 Å². The highest BCUT2D eigenvalue weighted by Gasteiger charge is 2.21. The molecule has 0 unspecified atom stereocenters. The Hall–Kier alpha value is 0.0400. The molecule has 2 rings (SSSR count). The molecule has 1 aromatic carbocycles. The first kappa shape index (κ1) is 19.0. The number of piperazine rings is 1. The van der Waals surface area contributed by atoms with Gasteiger partial charge in [-0.25, -0.2) is 0 Å². The highest BCUT2D eigenvalue weighted by molar-refractivity contribution is 6.35. The second kappa shape index (κ2) is 9.06. The Balaban J connectivity index is 0.00000162. The Morgan fingerprint density at radius 2 is 1.84 bits per heavy atom. The maximum atomic E-state index is 6.25. The van der Waals surface area contributed by atoms with Crippen LogP contribution in [0.5, 0.6) is 0 Å². The van der Waals surface area contributed by atoms with E-state index in [1.807, 2.05) is 18.2 Å². The fourth-order valence-electron chi connectivity index (χ4n) is 2.17. The summed E-state index contributed by atoms with van der Waals surface area (Å²) >= 11 is 12.2. The number of halogens is 4. The highest BCUT2D eigenvalue weighted by Crippen LogP contribution is 2.30. The molecule has 0 aromatic heterocycles. The van der Waals surface area contributed by atoms with E-state index in [1.54, 1.807) is 6.07 Å². The standard InChI is InChI=1S/C13H16Cl2N2.2ClH/c1-2-13(17-7-5-16-6-8-17)11-4-3-10(14)9-12(11)15;;/h2-4,9,13,16H,1,5-8H2;2*1H/t13-;;/m0../s1. The van der Waals surface area contributed by atoms with Crippen LogP contribution < -0.4 is 5.32 Å². The van der Waals surface area contributed by atoms with Gasteiger partial charge in [0.25, 0.3) is 0 Å². The van der Waals surface area contributed by atoms with Crippen LogP contribution in [0.4, 0.5) is 0 Å². The van der Waals surface area contributed by atoms with Gasteiger partial charge in [-0.3, -0.25) is 4.90 Å². The average Bonchev–Trinajstić information content (AvgIpc) is 2.34. The number of benzene rings is 1. The van der Waals surface area contributed by atoms with Crippen LogP contribution in [0.25, 0.3) is 0 Å². The first-order valence-corrected chi connectivity index (χ1v) is 6.50. The normalized spacial score (nSPS) is 16.9. The molecule has 0 saturated carbocycles. The largest absolute Gasteiger partial charge is 0.314 e. The molecular formula is C13H18Cl4N2. The van der Waals surface area contributed by atoms with Crippen molar-refractivity contribution in [1.82, 2.24) is 10.2 Å². The van der Waals surface area contributed by atoms with E-state index in [-0.39, 0.29) is 30.9 Å². The third-order valence-corrected chi connectivity index (χ3v) is 3.61. The van der Waals surface area contributed by atoms with Crippen molar-refractivity contribution in [2.45, 2.75) is 6.04 Å². The average molecular weight is 344 g/mol. The number of rotatable bonds is 3. The zero-order chi connectivity index (χ0) is 12.3. The van der Waals surface area contributed by atoms with Crippen molar-refractivity contribution in [1.29, 1.82) is 0 Å². The lowest BCUT2D eigenvalue weighted by Gasteiger charge is -2.33. The number of hydrogen-bond donors (Lipinski definition) is 1. The molecule has 2 nitrogen and oxygen atoms in total. The second-order valence-electron chi connectivity index (χ2n) is 4.13. The quantitative estimate of drug-likeness (QED) is 0.835. The van der Waals surface area contributed by atoms with E-state index >= 15 is 0 Å². The van der Waals surface area contributed by atoms with E-state index < -0.39 is 0 Å². The Kier molecular flexibility index (Phi) is 9.08. The Morgan fingerprint density at radius 3 is 2.37 bits per heavy atom. The van der Waals surface area contributed by atoms with Gasteiger partial charge in [-0.2, -0.15) is 0 Å². The van der Waals surface area contributed by atoms with Crippen LogP contribution >= 0.6 is 48.0 Å². The summed E-state index contributed by atoms with van der Waals surface area (Å²) in [6.45, 7) is 7.96. The molecule has 0 amide bonds. The molecule has 1 aliphatic rings. The van der Waals surface area contributed by atoms with Crippen molar-refractivity contribution >= 4 is 48.0 Å². The minimum absolute atomic E-state index is 0. The van der Waals surface area contributed by atoms with Crippen LogP contribution in [0.3, 0.4) is 0 Å². The van der Waals surface area contributed by atoms with Crippen LogP contribution in [0.2, 0.25) is 10.0 Å². The Bertz CT molecular complexity index is 406. The molecule has 0 spiro atoms. The van der Waals surface area contributed by atoms with E-state index in [0.717, 1.165) is 31.7 Å². The molecule has 1 atom stereocenters. The molecule has 1 heterocycles. The molecule has 0 bridgehead atoms. The van der Waals surface area contributed by atoms with Crippen molar-refractivity contribution in [3.05, 3.63) is 46.5 Å². The third kappa shape index (κ3) is 4.82. The van der Waals surface area contributed by atoms with Gasteiger partial charge < -0.3 is 5.32 Å². The molecule has 0 radical (unpaired) electrons. The molecule has 1 N–H and O–H groups in total. The summed E-state index contributed by atoms with van der Waals surface area (Å²) in [5.74, 6) is 0. The molecule has 1 fully saturated rings. The van der Waals surface area contributed by atoms with Crippen LogP contribution in [0.1, 0.15) is 11.6 Å². The van der Waals surface area contributed by atoms with Crippen LogP contribution in [-0.4, -0.2) is 31.1 Å². The van der Waals surface area contributed by atoms with Gasteiger partial charge in [-0.1, -0.05) is 35.3 Å². The zero-order valence-electron chi connectivity index (χ0n) is 10.4.